The number of hydrogen-bond acceptors (Lipinski definition) is 2. The summed E-state index contributed by atoms with van der Waals surface area (Å²) in [5.41, 5.74) is 4.16. The van der Waals surface area contributed by atoms with E-state index in [0.29, 0.717) is 12.0 Å². The third kappa shape index (κ3) is 6.10. The van der Waals surface area contributed by atoms with Gasteiger partial charge in [0.15, 0.2) is 0 Å². The van der Waals surface area contributed by atoms with Crippen LogP contribution in [0.15, 0.2) is 54.6 Å². The molecule has 24 heavy (non-hydrogen) atoms. The maximum absolute atomic E-state index is 3.64. The molecule has 2 rings (SSSR count). The molecule has 0 fully saturated rings. The van der Waals surface area contributed by atoms with E-state index in [2.05, 4.69) is 92.6 Å². The van der Waals surface area contributed by atoms with Crippen LogP contribution >= 0.6 is 0 Å². The zero-order chi connectivity index (χ0) is 17.4. The Morgan fingerprint density at radius 3 is 2.12 bits per heavy atom. The van der Waals surface area contributed by atoms with Crippen molar-refractivity contribution < 1.29 is 0 Å². The first-order valence-corrected chi connectivity index (χ1v) is 9.12. The first-order chi connectivity index (χ1) is 11.6. The monoisotopic (exact) mass is 324 g/mol. The van der Waals surface area contributed by atoms with Crippen molar-refractivity contribution in [2.45, 2.75) is 45.7 Å². The number of nitrogens with one attached hydrogen (secondary N) is 1. The molecular weight excluding hydrogens is 292 g/mol. The van der Waals surface area contributed by atoms with Crippen LogP contribution in [-0.4, -0.2) is 25.0 Å². The van der Waals surface area contributed by atoms with Crippen LogP contribution in [0.1, 0.15) is 55.8 Å². The Labute approximate surface area is 147 Å². The Morgan fingerprint density at radius 2 is 1.50 bits per heavy atom. The average Bonchev–Trinajstić information content (AvgIpc) is 2.59. The molecule has 0 radical (unpaired) electrons. The normalized spacial score (nSPS) is 12.8. The van der Waals surface area contributed by atoms with Crippen molar-refractivity contribution in [3.63, 3.8) is 0 Å². The lowest BCUT2D eigenvalue weighted by atomic mass is 9.99. The van der Waals surface area contributed by atoms with Gasteiger partial charge < -0.3 is 10.2 Å². The summed E-state index contributed by atoms with van der Waals surface area (Å²) < 4.78 is 0. The van der Waals surface area contributed by atoms with Crippen LogP contribution in [0.25, 0.3) is 0 Å². The van der Waals surface area contributed by atoms with Crippen molar-refractivity contribution >= 4 is 0 Å². The first-order valence-electron chi connectivity index (χ1n) is 9.12. The molecule has 0 spiro atoms. The van der Waals surface area contributed by atoms with E-state index in [1.165, 1.54) is 16.7 Å². The van der Waals surface area contributed by atoms with Crippen molar-refractivity contribution in [2.24, 2.45) is 0 Å². The fourth-order valence-corrected chi connectivity index (χ4v) is 2.93. The second kappa shape index (κ2) is 9.61. The topological polar surface area (TPSA) is 15.3 Å². The molecule has 1 atom stereocenters. The van der Waals surface area contributed by atoms with Crippen molar-refractivity contribution in [3.8, 4) is 0 Å². The summed E-state index contributed by atoms with van der Waals surface area (Å²) >= 11 is 0. The molecule has 2 aromatic rings. The summed E-state index contributed by atoms with van der Waals surface area (Å²) in [6.45, 7) is 9.91. The number of hydrogen-bond donors (Lipinski definition) is 1. The third-order valence-electron chi connectivity index (χ3n) is 4.57. The van der Waals surface area contributed by atoms with Gasteiger partial charge in [0.1, 0.15) is 0 Å². The highest BCUT2D eigenvalue weighted by Crippen LogP contribution is 2.18. The lowest BCUT2D eigenvalue weighted by molar-refractivity contribution is 0.317. The van der Waals surface area contributed by atoms with Crippen molar-refractivity contribution in [3.05, 3.63) is 71.3 Å². The number of rotatable bonds is 9. The van der Waals surface area contributed by atoms with Crippen LogP contribution in [0, 0.1) is 0 Å². The minimum Gasteiger partial charge on any atom is -0.310 e. The van der Waals surface area contributed by atoms with Crippen LogP contribution in [0.2, 0.25) is 0 Å². The molecule has 0 aromatic heterocycles. The Hall–Kier alpha value is -1.64. The molecule has 0 saturated carbocycles. The maximum Gasteiger partial charge on any atom is 0.0291 e. The third-order valence-corrected chi connectivity index (χ3v) is 4.57. The largest absolute Gasteiger partial charge is 0.310 e. The molecule has 0 bridgehead atoms. The van der Waals surface area contributed by atoms with Crippen LogP contribution in [-0.2, 0) is 6.54 Å². The molecule has 1 unspecified atom stereocenters. The van der Waals surface area contributed by atoms with Crippen molar-refractivity contribution in [1.82, 2.24) is 10.2 Å². The Morgan fingerprint density at radius 1 is 0.875 bits per heavy atom. The average molecular weight is 325 g/mol. The van der Waals surface area contributed by atoms with E-state index in [0.717, 1.165) is 26.1 Å². The van der Waals surface area contributed by atoms with Gasteiger partial charge in [-0.05, 0) is 56.1 Å². The maximum atomic E-state index is 3.64. The van der Waals surface area contributed by atoms with E-state index in [4.69, 9.17) is 0 Å². The minimum absolute atomic E-state index is 0.408. The van der Waals surface area contributed by atoms with E-state index >= 15 is 0 Å². The minimum atomic E-state index is 0.408. The van der Waals surface area contributed by atoms with E-state index < -0.39 is 0 Å². The summed E-state index contributed by atoms with van der Waals surface area (Å²) in [5, 5.41) is 3.64. The van der Waals surface area contributed by atoms with Gasteiger partial charge in [0.25, 0.3) is 0 Å². The molecule has 0 aliphatic heterocycles. The standard InChI is InChI=1S/C22H32N2/c1-18(2)21-11-13-22(14-12-21)19(3)23-15-8-16-24(4)17-20-9-6-5-7-10-20/h5-7,9-14,18-19,23H,8,15-17H2,1-4H3. The van der Waals surface area contributed by atoms with E-state index in [9.17, 15) is 0 Å². The Bertz CT molecular complexity index is 575. The fraction of sp³-hybridized carbons (Fsp3) is 0.455. The lowest BCUT2D eigenvalue weighted by Gasteiger charge is -2.19. The van der Waals surface area contributed by atoms with E-state index in [1.807, 2.05) is 0 Å². The summed E-state index contributed by atoms with van der Waals surface area (Å²) in [6, 6.07) is 20.1. The van der Waals surface area contributed by atoms with Gasteiger partial charge in [-0.2, -0.15) is 0 Å². The van der Waals surface area contributed by atoms with Crippen LogP contribution in [0.4, 0.5) is 0 Å². The van der Waals surface area contributed by atoms with Crippen LogP contribution < -0.4 is 5.32 Å². The van der Waals surface area contributed by atoms with Gasteiger partial charge in [-0.25, -0.2) is 0 Å². The zero-order valence-corrected chi connectivity index (χ0v) is 15.6. The van der Waals surface area contributed by atoms with E-state index in [1.54, 1.807) is 0 Å². The second-order valence-electron chi connectivity index (χ2n) is 7.07. The molecule has 0 aliphatic rings. The van der Waals surface area contributed by atoms with E-state index in [-0.39, 0.29) is 0 Å². The Balaban J connectivity index is 1.67. The van der Waals surface area contributed by atoms with Crippen LogP contribution in [0.3, 0.4) is 0 Å². The highest BCUT2D eigenvalue weighted by molar-refractivity contribution is 5.26. The molecule has 2 nitrogen and oxygen atoms in total. The molecule has 130 valence electrons. The SMILES string of the molecule is CC(C)c1ccc(C(C)NCCCN(C)Cc2ccccc2)cc1. The smallest absolute Gasteiger partial charge is 0.0291 e. The van der Waals surface area contributed by atoms with Crippen LogP contribution in [0.5, 0.6) is 0 Å². The Kier molecular flexibility index (Phi) is 7.48. The molecular formula is C22H32N2. The van der Waals surface area contributed by atoms with Gasteiger partial charge in [-0.15, -0.1) is 0 Å². The zero-order valence-electron chi connectivity index (χ0n) is 15.6. The number of nitrogens with zero attached hydrogens (tertiary/aromatic N) is 1. The predicted molar refractivity (Wildman–Crippen MR) is 104 cm³/mol. The van der Waals surface area contributed by atoms with Gasteiger partial charge in [0, 0.05) is 12.6 Å². The quantitative estimate of drug-likeness (QED) is 0.654. The molecule has 0 saturated heterocycles. The molecule has 2 aromatic carbocycles. The molecule has 0 aliphatic carbocycles. The lowest BCUT2D eigenvalue weighted by Crippen LogP contribution is -2.25. The predicted octanol–water partition coefficient (Wildman–Crippen LogP) is 4.98. The van der Waals surface area contributed by atoms with Gasteiger partial charge >= 0.3 is 0 Å². The van der Waals surface area contributed by atoms with Crippen molar-refractivity contribution in [1.29, 1.82) is 0 Å². The van der Waals surface area contributed by atoms with Gasteiger partial charge in [-0.3, -0.25) is 0 Å². The van der Waals surface area contributed by atoms with Crippen molar-refractivity contribution in [2.75, 3.05) is 20.1 Å². The highest BCUT2D eigenvalue weighted by atomic mass is 15.1. The summed E-state index contributed by atoms with van der Waals surface area (Å²) in [7, 11) is 2.20. The molecule has 1 N–H and O–H groups in total. The molecule has 2 heteroatoms. The first kappa shape index (κ1) is 18.7. The van der Waals surface area contributed by atoms with Gasteiger partial charge in [-0.1, -0.05) is 68.4 Å². The van der Waals surface area contributed by atoms with Gasteiger partial charge in [0.2, 0.25) is 0 Å². The summed E-state index contributed by atoms with van der Waals surface area (Å²) in [5.74, 6) is 0.600. The number of benzene rings is 2. The fourth-order valence-electron chi connectivity index (χ4n) is 2.93. The van der Waals surface area contributed by atoms with Gasteiger partial charge in [0.05, 0.1) is 0 Å². The molecule has 0 heterocycles. The second-order valence-corrected chi connectivity index (χ2v) is 7.07. The summed E-state index contributed by atoms with van der Waals surface area (Å²) in [6.07, 6.45) is 1.16. The molecule has 0 amide bonds. The highest BCUT2D eigenvalue weighted by Gasteiger charge is 2.06. The summed E-state index contributed by atoms with van der Waals surface area (Å²) in [4.78, 5) is 2.39.